The lowest BCUT2D eigenvalue weighted by molar-refractivity contribution is 0.233. The molecule has 0 saturated carbocycles. The first-order chi connectivity index (χ1) is 11.1. The summed E-state index contributed by atoms with van der Waals surface area (Å²) in [6.07, 6.45) is 1.02. The highest BCUT2D eigenvalue weighted by molar-refractivity contribution is 7.10. The minimum atomic E-state index is 0.259. The second-order valence-corrected chi connectivity index (χ2v) is 6.98. The van der Waals surface area contributed by atoms with Crippen molar-refractivity contribution in [1.82, 2.24) is 4.90 Å². The van der Waals surface area contributed by atoms with Crippen LogP contribution in [0.5, 0.6) is 11.5 Å². The molecule has 4 heteroatoms. The van der Waals surface area contributed by atoms with E-state index in [0.717, 1.165) is 31.0 Å². The van der Waals surface area contributed by atoms with Crippen molar-refractivity contribution in [2.24, 2.45) is 0 Å². The summed E-state index contributed by atoms with van der Waals surface area (Å²) in [7, 11) is 3.39. The van der Waals surface area contributed by atoms with Crippen molar-refractivity contribution in [3.05, 3.63) is 57.8 Å². The Balaban J connectivity index is 2.10. The summed E-state index contributed by atoms with van der Waals surface area (Å²) in [5, 5.41) is 2.14. The quantitative estimate of drug-likeness (QED) is 0.764. The number of methoxy groups -OCH3 is 2. The molecule has 0 N–H and O–H groups in total. The molecule has 0 radical (unpaired) electrons. The first-order valence-corrected chi connectivity index (χ1v) is 8.68. The van der Waals surface area contributed by atoms with E-state index in [4.69, 9.17) is 9.47 Å². The van der Waals surface area contributed by atoms with Crippen LogP contribution in [0, 0.1) is 0 Å². The Morgan fingerprint density at radius 2 is 2.04 bits per heavy atom. The maximum absolute atomic E-state index is 5.53. The highest BCUT2D eigenvalue weighted by atomic mass is 32.1. The summed E-state index contributed by atoms with van der Waals surface area (Å²) in [6, 6.07) is 8.87. The van der Waals surface area contributed by atoms with Crippen LogP contribution >= 0.6 is 11.3 Å². The zero-order chi connectivity index (χ0) is 16.4. The Bertz CT molecular complexity index is 694. The van der Waals surface area contributed by atoms with Crippen LogP contribution in [0.1, 0.15) is 29.0 Å². The molecule has 23 heavy (non-hydrogen) atoms. The van der Waals surface area contributed by atoms with Crippen LogP contribution in [0.15, 0.2) is 41.8 Å². The second-order valence-electron chi connectivity index (χ2n) is 6.00. The van der Waals surface area contributed by atoms with Gasteiger partial charge in [0, 0.05) is 18.0 Å². The molecule has 2 heterocycles. The molecule has 0 fully saturated rings. The summed E-state index contributed by atoms with van der Waals surface area (Å²) in [5.41, 5.74) is 3.85. The van der Waals surface area contributed by atoms with Crippen molar-refractivity contribution in [3.8, 4) is 11.5 Å². The molecule has 1 aromatic carbocycles. The molecule has 1 aliphatic rings. The number of ether oxygens (including phenoxy) is 2. The van der Waals surface area contributed by atoms with Crippen molar-refractivity contribution in [2.45, 2.75) is 19.4 Å². The van der Waals surface area contributed by atoms with Crippen LogP contribution < -0.4 is 9.47 Å². The van der Waals surface area contributed by atoms with E-state index in [1.54, 1.807) is 25.6 Å². The van der Waals surface area contributed by atoms with Gasteiger partial charge in [-0.2, -0.15) is 0 Å². The van der Waals surface area contributed by atoms with Crippen LogP contribution in [-0.2, 0) is 6.42 Å². The number of fused-ring (bicyclic) bond motifs is 1. The van der Waals surface area contributed by atoms with Gasteiger partial charge in [-0.1, -0.05) is 18.2 Å². The number of rotatable bonds is 5. The minimum absolute atomic E-state index is 0.259. The van der Waals surface area contributed by atoms with E-state index < -0.39 is 0 Å². The topological polar surface area (TPSA) is 21.7 Å². The van der Waals surface area contributed by atoms with Gasteiger partial charge in [0.2, 0.25) is 0 Å². The zero-order valence-corrected chi connectivity index (χ0v) is 14.8. The maximum Gasteiger partial charge on any atom is 0.161 e. The predicted molar refractivity (Wildman–Crippen MR) is 95.8 cm³/mol. The van der Waals surface area contributed by atoms with Gasteiger partial charge in [0.1, 0.15) is 0 Å². The van der Waals surface area contributed by atoms with Crippen molar-refractivity contribution in [2.75, 3.05) is 27.3 Å². The van der Waals surface area contributed by atoms with Crippen molar-refractivity contribution >= 4 is 11.3 Å². The van der Waals surface area contributed by atoms with E-state index >= 15 is 0 Å². The molecule has 0 unspecified atom stereocenters. The molecular formula is C19H23NO2S. The Morgan fingerprint density at radius 1 is 1.30 bits per heavy atom. The van der Waals surface area contributed by atoms with E-state index in [-0.39, 0.29) is 6.04 Å². The summed E-state index contributed by atoms with van der Waals surface area (Å²) >= 11 is 1.80. The van der Waals surface area contributed by atoms with Gasteiger partial charge >= 0.3 is 0 Å². The van der Waals surface area contributed by atoms with Crippen LogP contribution in [0.2, 0.25) is 0 Å². The SMILES string of the molecule is C=C(C)CN1CCc2cc(OC)c(OC)cc2[C@@H]1c1cccs1. The van der Waals surface area contributed by atoms with Gasteiger partial charge in [0.15, 0.2) is 11.5 Å². The van der Waals surface area contributed by atoms with Crippen molar-refractivity contribution < 1.29 is 9.47 Å². The monoisotopic (exact) mass is 329 g/mol. The Morgan fingerprint density at radius 3 is 2.65 bits per heavy atom. The molecule has 3 rings (SSSR count). The first kappa shape index (κ1) is 16.1. The number of benzene rings is 1. The van der Waals surface area contributed by atoms with Gasteiger partial charge in [-0.3, -0.25) is 4.90 Å². The Hall–Kier alpha value is -1.78. The van der Waals surface area contributed by atoms with Crippen LogP contribution in [0.3, 0.4) is 0 Å². The number of hydrogen-bond acceptors (Lipinski definition) is 4. The number of thiophene rings is 1. The third-order valence-corrected chi connectivity index (χ3v) is 5.18. The molecule has 0 spiro atoms. The Kier molecular flexibility index (Phi) is 4.74. The average Bonchev–Trinajstić information content (AvgIpc) is 3.06. The fourth-order valence-corrected chi connectivity index (χ4v) is 4.17. The highest BCUT2D eigenvalue weighted by Gasteiger charge is 2.30. The molecule has 3 nitrogen and oxygen atoms in total. The molecule has 0 amide bonds. The molecular weight excluding hydrogens is 306 g/mol. The summed E-state index contributed by atoms with van der Waals surface area (Å²) < 4.78 is 11.0. The second kappa shape index (κ2) is 6.77. The molecule has 0 bridgehead atoms. The number of hydrogen-bond donors (Lipinski definition) is 0. The molecule has 2 aromatic rings. The molecule has 122 valence electrons. The van der Waals surface area contributed by atoms with E-state index in [1.807, 2.05) is 0 Å². The fourth-order valence-electron chi connectivity index (χ4n) is 3.29. The zero-order valence-electron chi connectivity index (χ0n) is 14.0. The fraction of sp³-hybridized carbons (Fsp3) is 0.368. The van der Waals surface area contributed by atoms with Crippen molar-refractivity contribution in [3.63, 3.8) is 0 Å². The Labute approximate surface area is 142 Å². The molecule has 1 aromatic heterocycles. The van der Waals surface area contributed by atoms with Crippen molar-refractivity contribution in [1.29, 1.82) is 0 Å². The van der Waals surface area contributed by atoms with E-state index in [2.05, 4.69) is 48.0 Å². The van der Waals surface area contributed by atoms with Gasteiger partial charge in [0.25, 0.3) is 0 Å². The van der Waals surface area contributed by atoms with Crippen LogP contribution in [0.25, 0.3) is 0 Å². The van der Waals surface area contributed by atoms with Crippen LogP contribution in [-0.4, -0.2) is 32.2 Å². The smallest absolute Gasteiger partial charge is 0.161 e. The predicted octanol–water partition coefficient (Wildman–Crippen LogP) is 4.29. The highest BCUT2D eigenvalue weighted by Crippen LogP contribution is 2.42. The van der Waals surface area contributed by atoms with E-state index in [0.29, 0.717) is 0 Å². The average molecular weight is 329 g/mol. The number of nitrogens with zero attached hydrogens (tertiary/aromatic N) is 1. The lowest BCUT2D eigenvalue weighted by atomic mass is 9.90. The van der Waals surface area contributed by atoms with Gasteiger partial charge in [-0.25, -0.2) is 0 Å². The molecule has 1 atom stereocenters. The third kappa shape index (κ3) is 3.14. The van der Waals surface area contributed by atoms with Gasteiger partial charge in [-0.15, -0.1) is 11.3 Å². The van der Waals surface area contributed by atoms with E-state index in [9.17, 15) is 0 Å². The third-order valence-electron chi connectivity index (χ3n) is 4.26. The largest absolute Gasteiger partial charge is 0.493 e. The molecule has 0 saturated heterocycles. The first-order valence-electron chi connectivity index (χ1n) is 7.80. The molecule has 0 aliphatic carbocycles. The maximum atomic E-state index is 5.53. The van der Waals surface area contributed by atoms with E-state index in [1.165, 1.54) is 21.6 Å². The lowest BCUT2D eigenvalue weighted by Gasteiger charge is -2.37. The summed E-state index contributed by atoms with van der Waals surface area (Å²) in [4.78, 5) is 3.86. The molecule has 1 aliphatic heterocycles. The van der Waals surface area contributed by atoms with Crippen LogP contribution in [0.4, 0.5) is 0 Å². The minimum Gasteiger partial charge on any atom is -0.493 e. The van der Waals surface area contributed by atoms with Gasteiger partial charge < -0.3 is 9.47 Å². The van der Waals surface area contributed by atoms with Gasteiger partial charge in [0.05, 0.1) is 20.3 Å². The summed E-state index contributed by atoms with van der Waals surface area (Å²) in [6.45, 7) is 8.13. The lowest BCUT2D eigenvalue weighted by Crippen LogP contribution is -2.36. The van der Waals surface area contributed by atoms with Gasteiger partial charge in [-0.05, 0) is 48.1 Å². The normalized spacial score (nSPS) is 17.6. The standard InChI is InChI=1S/C19H23NO2S/c1-13(2)12-20-8-7-14-10-16(21-3)17(22-4)11-15(14)19(20)18-6-5-9-23-18/h5-6,9-11,19H,1,7-8,12H2,2-4H3/t19-/m1/s1. The summed E-state index contributed by atoms with van der Waals surface area (Å²) in [5.74, 6) is 1.61.